The Kier molecular flexibility index (Phi) is 7.71. The lowest BCUT2D eigenvalue weighted by Gasteiger charge is -2.14. The van der Waals surface area contributed by atoms with Crippen LogP contribution in [0.5, 0.6) is 0 Å². The van der Waals surface area contributed by atoms with Crippen LogP contribution in [0.25, 0.3) is 98.2 Å². The molecule has 248 valence electrons. The number of hydrogen-bond acceptors (Lipinski definition) is 3. The van der Waals surface area contributed by atoms with E-state index in [9.17, 15) is 0 Å². The van der Waals surface area contributed by atoms with Crippen molar-refractivity contribution in [2.24, 2.45) is 0 Å². The highest BCUT2D eigenvalue weighted by atomic mass is 32.1. The van der Waals surface area contributed by atoms with E-state index in [0.29, 0.717) is 5.82 Å². The van der Waals surface area contributed by atoms with Gasteiger partial charge >= 0.3 is 0 Å². The lowest BCUT2D eigenvalue weighted by Crippen LogP contribution is -1.96. The lowest BCUT2D eigenvalue weighted by molar-refractivity contribution is 1.18. The van der Waals surface area contributed by atoms with Crippen LogP contribution in [0, 0.1) is 0 Å². The van der Waals surface area contributed by atoms with E-state index >= 15 is 0 Å². The van der Waals surface area contributed by atoms with Crippen molar-refractivity contribution in [3.63, 3.8) is 0 Å². The van der Waals surface area contributed by atoms with E-state index in [1.807, 2.05) is 17.4 Å². The molecular weight excluding hydrogens is 661 g/mol. The minimum Gasteiger partial charge on any atom is -0.228 e. The summed E-state index contributed by atoms with van der Waals surface area (Å²) in [7, 11) is 0. The van der Waals surface area contributed by atoms with Crippen LogP contribution >= 0.6 is 11.3 Å². The average Bonchev–Trinajstić information content (AvgIpc) is 3.62. The largest absolute Gasteiger partial charge is 0.228 e. The molecule has 0 unspecified atom stereocenters. The van der Waals surface area contributed by atoms with Gasteiger partial charge < -0.3 is 0 Å². The summed E-state index contributed by atoms with van der Waals surface area (Å²) in [6.45, 7) is 0. The normalized spacial score (nSPS) is 11.4. The highest BCUT2D eigenvalue weighted by molar-refractivity contribution is 7.25. The second kappa shape index (κ2) is 13.1. The summed E-state index contributed by atoms with van der Waals surface area (Å²) in [5, 5.41) is 5.07. The number of aromatic nitrogens is 2. The topological polar surface area (TPSA) is 25.8 Å². The summed E-state index contributed by atoms with van der Waals surface area (Å²) in [4.78, 5) is 10.5. The summed E-state index contributed by atoms with van der Waals surface area (Å²) in [5.41, 5.74) is 11.9. The van der Waals surface area contributed by atoms with Crippen molar-refractivity contribution in [1.82, 2.24) is 9.97 Å². The fourth-order valence-corrected chi connectivity index (χ4v) is 8.49. The molecule has 0 aliphatic heterocycles. The first-order valence-corrected chi connectivity index (χ1v) is 18.7. The summed E-state index contributed by atoms with van der Waals surface area (Å²) in [6.07, 6.45) is 0. The monoisotopic (exact) mass is 692 g/mol. The van der Waals surface area contributed by atoms with E-state index in [1.54, 1.807) is 0 Å². The molecule has 0 spiro atoms. The molecule has 10 rings (SSSR count). The van der Waals surface area contributed by atoms with Crippen LogP contribution in [0.2, 0.25) is 0 Å². The number of rotatable bonds is 6. The van der Waals surface area contributed by atoms with Gasteiger partial charge in [-0.3, -0.25) is 0 Å². The van der Waals surface area contributed by atoms with Gasteiger partial charge in [-0.2, -0.15) is 0 Å². The van der Waals surface area contributed by atoms with Crippen molar-refractivity contribution in [3.05, 3.63) is 194 Å². The molecule has 0 radical (unpaired) electrons. The Labute approximate surface area is 312 Å². The van der Waals surface area contributed by atoms with Crippen molar-refractivity contribution in [1.29, 1.82) is 0 Å². The van der Waals surface area contributed by atoms with Gasteiger partial charge in [0.05, 0.1) is 11.4 Å². The SMILES string of the molecule is c1ccc(-c2cc(-c3ccc4sc5ccccc5c4c3)cc(-c3cc(-c4ccccc4)nc(-c4ccc(-c5cccc6ccccc56)cc4)n3)c2)cc1. The molecule has 0 atom stereocenters. The maximum Gasteiger partial charge on any atom is 0.160 e. The Balaban J connectivity index is 1.13. The second-order valence-electron chi connectivity index (χ2n) is 13.4. The van der Waals surface area contributed by atoms with Gasteiger partial charge in [-0.25, -0.2) is 9.97 Å². The van der Waals surface area contributed by atoms with Gasteiger partial charge in [0.25, 0.3) is 0 Å². The van der Waals surface area contributed by atoms with Crippen molar-refractivity contribution >= 4 is 42.3 Å². The maximum atomic E-state index is 5.29. The van der Waals surface area contributed by atoms with Crippen molar-refractivity contribution < 1.29 is 0 Å². The van der Waals surface area contributed by atoms with Gasteiger partial charge in [-0.05, 0) is 86.6 Å². The van der Waals surface area contributed by atoms with E-state index < -0.39 is 0 Å². The number of thiophene rings is 1. The van der Waals surface area contributed by atoms with E-state index in [2.05, 4.69) is 188 Å². The predicted molar refractivity (Wildman–Crippen MR) is 225 cm³/mol. The number of hydrogen-bond donors (Lipinski definition) is 0. The molecule has 10 aromatic rings. The minimum atomic E-state index is 0.698. The van der Waals surface area contributed by atoms with Crippen LogP contribution in [0.1, 0.15) is 0 Å². The summed E-state index contributed by atoms with van der Waals surface area (Å²) < 4.78 is 2.61. The first-order chi connectivity index (χ1) is 26.2. The van der Waals surface area contributed by atoms with Gasteiger partial charge in [-0.15, -0.1) is 11.3 Å². The van der Waals surface area contributed by atoms with E-state index in [4.69, 9.17) is 9.97 Å². The summed E-state index contributed by atoms with van der Waals surface area (Å²) in [5.74, 6) is 0.698. The molecule has 0 saturated carbocycles. The van der Waals surface area contributed by atoms with E-state index in [1.165, 1.54) is 53.2 Å². The minimum absolute atomic E-state index is 0.698. The maximum absolute atomic E-state index is 5.29. The lowest BCUT2D eigenvalue weighted by atomic mass is 9.94. The van der Waals surface area contributed by atoms with Crippen LogP contribution < -0.4 is 0 Å². The standard InChI is InChI=1S/C50H32N2S/c1-3-12-33(13-4-1)39-28-40(38-26-27-49-45(31-38)44-19-9-10-21-48(44)53-49)30-41(29-39)47-32-46(36-15-5-2-6-16-36)51-50(52-47)37-24-22-35(23-25-37)43-20-11-17-34-14-7-8-18-42(34)43/h1-32H. The van der Waals surface area contributed by atoms with Crippen LogP contribution in [0.3, 0.4) is 0 Å². The van der Waals surface area contributed by atoms with Crippen molar-refractivity contribution in [2.75, 3.05) is 0 Å². The molecular formula is C50H32N2S. The first kappa shape index (κ1) is 31.1. The molecule has 0 fully saturated rings. The zero-order valence-electron chi connectivity index (χ0n) is 28.8. The highest BCUT2D eigenvalue weighted by Gasteiger charge is 2.15. The molecule has 2 aromatic heterocycles. The van der Waals surface area contributed by atoms with E-state index in [-0.39, 0.29) is 0 Å². The van der Waals surface area contributed by atoms with Crippen LogP contribution in [-0.2, 0) is 0 Å². The van der Waals surface area contributed by atoms with Gasteiger partial charge in [-0.1, -0.05) is 152 Å². The van der Waals surface area contributed by atoms with Gasteiger partial charge in [0.2, 0.25) is 0 Å². The number of nitrogens with zero attached hydrogens (tertiary/aromatic N) is 2. The molecule has 0 amide bonds. The zero-order chi connectivity index (χ0) is 35.1. The Hall–Kier alpha value is -6.68. The highest BCUT2D eigenvalue weighted by Crippen LogP contribution is 2.39. The third-order valence-electron chi connectivity index (χ3n) is 10.1. The number of benzene rings is 8. The molecule has 0 aliphatic carbocycles. The zero-order valence-corrected chi connectivity index (χ0v) is 29.6. The Morgan fingerprint density at radius 2 is 0.868 bits per heavy atom. The van der Waals surface area contributed by atoms with Crippen LogP contribution in [0.15, 0.2) is 194 Å². The molecule has 0 N–H and O–H groups in total. The summed E-state index contributed by atoms with van der Waals surface area (Å²) in [6, 6.07) is 69.3. The third kappa shape index (κ3) is 5.87. The van der Waals surface area contributed by atoms with Gasteiger partial charge in [0.1, 0.15) is 0 Å². The van der Waals surface area contributed by atoms with Crippen LogP contribution in [-0.4, -0.2) is 9.97 Å². The Morgan fingerprint density at radius 1 is 0.302 bits per heavy atom. The average molecular weight is 693 g/mol. The molecule has 53 heavy (non-hydrogen) atoms. The Bertz CT molecular complexity index is 2920. The van der Waals surface area contributed by atoms with Gasteiger partial charge in [0.15, 0.2) is 5.82 Å². The Morgan fingerprint density at radius 3 is 1.66 bits per heavy atom. The first-order valence-electron chi connectivity index (χ1n) is 17.9. The molecule has 0 aliphatic rings. The fraction of sp³-hybridized carbons (Fsp3) is 0. The molecule has 0 saturated heterocycles. The smallest absolute Gasteiger partial charge is 0.160 e. The van der Waals surface area contributed by atoms with Crippen LogP contribution in [0.4, 0.5) is 0 Å². The van der Waals surface area contributed by atoms with Crippen molar-refractivity contribution in [2.45, 2.75) is 0 Å². The van der Waals surface area contributed by atoms with E-state index in [0.717, 1.165) is 39.2 Å². The third-order valence-corrected chi connectivity index (χ3v) is 11.2. The molecule has 0 bridgehead atoms. The molecule has 3 heteroatoms. The molecule has 2 heterocycles. The predicted octanol–water partition coefficient (Wildman–Crippen LogP) is 14.0. The summed E-state index contributed by atoms with van der Waals surface area (Å²) >= 11 is 1.85. The van der Waals surface area contributed by atoms with Crippen molar-refractivity contribution in [3.8, 4) is 67.3 Å². The fourth-order valence-electron chi connectivity index (χ4n) is 7.40. The molecule has 2 nitrogen and oxygen atoms in total. The quantitative estimate of drug-likeness (QED) is 0.173. The second-order valence-corrected chi connectivity index (χ2v) is 14.5. The van der Waals surface area contributed by atoms with Gasteiger partial charge in [0, 0.05) is 36.9 Å². The number of fused-ring (bicyclic) bond motifs is 4. The molecule has 8 aromatic carbocycles.